The molecule has 0 amide bonds. The summed E-state index contributed by atoms with van der Waals surface area (Å²) < 4.78 is 39.1. The maximum absolute atomic E-state index is 12.6. The summed E-state index contributed by atoms with van der Waals surface area (Å²) in [5.74, 6) is 0.434. The summed E-state index contributed by atoms with van der Waals surface area (Å²) in [7, 11) is 0. The Kier molecular flexibility index (Phi) is 2.55. The largest absolute Gasteiger partial charge is 0.420 e. The molecule has 0 spiro atoms. The van der Waals surface area contributed by atoms with E-state index < -0.39 is 11.7 Å². The lowest BCUT2D eigenvalue weighted by Crippen LogP contribution is -2.09. The first-order valence-corrected chi connectivity index (χ1v) is 4.64. The third kappa shape index (κ3) is 1.73. The zero-order chi connectivity index (χ0) is 11.8. The van der Waals surface area contributed by atoms with Gasteiger partial charge in [-0.15, -0.1) is 10.2 Å². The maximum atomic E-state index is 12.6. The second kappa shape index (κ2) is 3.75. The second-order valence-corrected chi connectivity index (χ2v) is 3.27. The molecule has 0 aliphatic rings. The van der Waals surface area contributed by atoms with Gasteiger partial charge < -0.3 is 5.73 Å². The number of nitrogens with two attached hydrogens (primary N) is 1. The lowest BCUT2D eigenvalue weighted by Gasteiger charge is -2.07. The monoisotopic (exact) mass is 230 g/mol. The summed E-state index contributed by atoms with van der Waals surface area (Å²) in [5, 5.41) is 7.23. The van der Waals surface area contributed by atoms with Gasteiger partial charge >= 0.3 is 6.18 Å². The highest BCUT2D eigenvalue weighted by atomic mass is 19.4. The topological polar surface area (TPSA) is 56.2 Å². The van der Waals surface area contributed by atoms with E-state index in [1.54, 1.807) is 0 Å². The van der Waals surface area contributed by atoms with Crippen molar-refractivity contribution < 1.29 is 13.2 Å². The molecule has 0 aliphatic carbocycles. The minimum atomic E-state index is -4.42. The number of alkyl halides is 3. The van der Waals surface area contributed by atoms with Crippen molar-refractivity contribution in [2.75, 3.05) is 6.54 Å². The van der Waals surface area contributed by atoms with E-state index >= 15 is 0 Å². The van der Waals surface area contributed by atoms with Crippen molar-refractivity contribution in [1.29, 1.82) is 0 Å². The Morgan fingerprint density at radius 1 is 1.31 bits per heavy atom. The van der Waals surface area contributed by atoms with Gasteiger partial charge in [0.2, 0.25) is 0 Å². The van der Waals surface area contributed by atoms with Crippen molar-refractivity contribution >= 4 is 5.65 Å². The number of aromatic nitrogens is 3. The van der Waals surface area contributed by atoms with Crippen molar-refractivity contribution in [1.82, 2.24) is 14.6 Å². The number of rotatable bonds is 2. The zero-order valence-corrected chi connectivity index (χ0v) is 8.20. The maximum Gasteiger partial charge on any atom is 0.420 e. The van der Waals surface area contributed by atoms with Gasteiger partial charge in [-0.05, 0) is 18.7 Å². The Labute approximate surface area is 88.9 Å². The van der Waals surface area contributed by atoms with E-state index in [0.717, 1.165) is 6.07 Å². The van der Waals surface area contributed by atoms with Gasteiger partial charge in [-0.1, -0.05) is 0 Å². The van der Waals surface area contributed by atoms with E-state index in [1.165, 1.54) is 16.7 Å². The van der Waals surface area contributed by atoms with Crippen LogP contribution in [0.5, 0.6) is 0 Å². The highest BCUT2D eigenvalue weighted by molar-refractivity contribution is 5.49. The molecule has 0 fully saturated rings. The predicted octanol–water partition coefficient (Wildman–Crippen LogP) is 1.25. The number of hydrogen-bond donors (Lipinski definition) is 1. The minimum Gasteiger partial charge on any atom is -0.330 e. The van der Waals surface area contributed by atoms with Crippen molar-refractivity contribution in [2.24, 2.45) is 5.73 Å². The Balaban J connectivity index is 2.62. The molecule has 0 atom stereocenters. The van der Waals surface area contributed by atoms with E-state index in [2.05, 4.69) is 10.2 Å². The number of fused-ring (bicyclic) bond motifs is 1. The quantitative estimate of drug-likeness (QED) is 0.844. The summed E-state index contributed by atoms with van der Waals surface area (Å²) >= 11 is 0. The predicted molar refractivity (Wildman–Crippen MR) is 50.7 cm³/mol. The molecule has 0 radical (unpaired) electrons. The zero-order valence-electron chi connectivity index (χ0n) is 8.20. The van der Waals surface area contributed by atoms with Gasteiger partial charge in [0.25, 0.3) is 0 Å². The van der Waals surface area contributed by atoms with Crippen LogP contribution in [0.2, 0.25) is 0 Å². The minimum absolute atomic E-state index is 0.182. The van der Waals surface area contributed by atoms with Gasteiger partial charge in [-0.3, -0.25) is 4.40 Å². The van der Waals surface area contributed by atoms with E-state index in [0.29, 0.717) is 18.8 Å². The molecular weight excluding hydrogens is 221 g/mol. The summed E-state index contributed by atoms with van der Waals surface area (Å²) in [6, 6.07) is 2.30. The summed E-state index contributed by atoms with van der Waals surface area (Å²) in [6.07, 6.45) is -2.53. The highest BCUT2D eigenvalue weighted by Crippen LogP contribution is 2.31. The molecule has 0 saturated heterocycles. The fraction of sp³-hybridized carbons (Fsp3) is 0.333. The van der Waals surface area contributed by atoms with Crippen LogP contribution in [-0.2, 0) is 12.6 Å². The Morgan fingerprint density at radius 2 is 2.06 bits per heavy atom. The smallest absolute Gasteiger partial charge is 0.330 e. The normalized spacial score (nSPS) is 12.2. The van der Waals surface area contributed by atoms with Gasteiger partial charge in [0.1, 0.15) is 11.4 Å². The molecule has 0 bridgehead atoms. The molecule has 7 heteroatoms. The molecule has 0 aromatic carbocycles. The van der Waals surface area contributed by atoms with Crippen molar-refractivity contribution in [3.8, 4) is 0 Å². The van der Waals surface area contributed by atoms with Crippen molar-refractivity contribution in [3.05, 3.63) is 29.7 Å². The lowest BCUT2D eigenvalue weighted by atomic mass is 10.2. The molecule has 0 saturated carbocycles. The Bertz CT molecular complexity index is 503. The average molecular weight is 230 g/mol. The molecule has 16 heavy (non-hydrogen) atoms. The molecular formula is C9H9F3N4. The first-order valence-electron chi connectivity index (χ1n) is 4.64. The number of hydrogen-bond acceptors (Lipinski definition) is 3. The lowest BCUT2D eigenvalue weighted by molar-refractivity contribution is -0.136. The van der Waals surface area contributed by atoms with Crippen LogP contribution in [0, 0.1) is 0 Å². The number of nitrogens with zero attached hydrogens (tertiary/aromatic N) is 3. The van der Waals surface area contributed by atoms with Gasteiger partial charge in [-0.2, -0.15) is 13.2 Å². The van der Waals surface area contributed by atoms with Crippen molar-refractivity contribution in [3.63, 3.8) is 0 Å². The molecule has 2 aromatic heterocycles. The standard InChI is InChI=1S/C9H9F3N4/c10-9(11,12)6-2-1-5-16-7(3-4-13)14-15-8(6)16/h1-2,5H,3-4,13H2. The van der Waals surface area contributed by atoms with Crippen LogP contribution in [0.1, 0.15) is 11.4 Å². The van der Waals surface area contributed by atoms with Gasteiger partial charge in [0, 0.05) is 12.6 Å². The van der Waals surface area contributed by atoms with E-state index in [1.807, 2.05) is 0 Å². The molecule has 2 aromatic rings. The molecule has 2 rings (SSSR count). The van der Waals surface area contributed by atoms with E-state index in [-0.39, 0.29) is 5.65 Å². The fourth-order valence-corrected chi connectivity index (χ4v) is 1.48. The van der Waals surface area contributed by atoms with Crippen molar-refractivity contribution in [2.45, 2.75) is 12.6 Å². The first-order chi connectivity index (χ1) is 7.54. The first kappa shape index (κ1) is 10.9. The Hall–Kier alpha value is -1.63. The summed E-state index contributed by atoms with van der Waals surface area (Å²) in [4.78, 5) is 0. The van der Waals surface area contributed by atoms with Crippen LogP contribution < -0.4 is 5.73 Å². The molecule has 2 N–H and O–H groups in total. The van der Waals surface area contributed by atoms with Gasteiger partial charge in [-0.25, -0.2) is 0 Å². The molecule has 4 nitrogen and oxygen atoms in total. The van der Waals surface area contributed by atoms with Gasteiger partial charge in [0.05, 0.1) is 0 Å². The Morgan fingerprint density at radius 3 is 2.69 bits per heavy atom. The molecule has 0 aliphatic heterocycles. The van der Waals surface area contributed by atoms with Crippen LogP contribution in [0.4, 0.5) is 13.2 Å². The second-order valence-electron chi connectivity index (χ2n) is 3.27. The van der Waals surface area contributed by atoms with Crippen LogP contribution in [0.15, 0.2) is 18.3 Å². The fourth-order valence-electron chi connectivity index (χ4n) is 1.48. The molecule has 2 heterocycles. The van der Waals surface area contributed by atoms with Crippen LogP contribution in [0.25, 0.3) is 5.65 Å². The highest BCUT2D eigenvalue weighted by Gasteiger charge is 2.34. The molecule has 0 unspecified atom stereocenters. The van der Waals surface area contributed by atoms with Gasteiger partial charge in [0.15, 0.2) is 5.65 Å². The average Bonchev–Trinajstić information content (AvgIpc) is 2.61. The molecule has 86 valence electrons. The van der Waals surface area contributed by atoms with Crippen LogP contribution in [0.3, 0.4) is 0 Å². The summed E-state index contributed by atoms with van der Waals surface area (Å²) in [6.45, 7) is 0.317. The summed E-state index contributed by atoms with van der Waals surface area (Å²) in [5.41, 5.74) is 4.36. The third-order valence-electron chi connectivity index (χ3n) is 2.18. The third-order valence-corrected chi connectivity index (χ3v) is 2.18. The SMILES string of the molecule is NCCc1nnc2c(C(F)(F)F)cccn12. The number of halogens is 3. The number of pyridine rings is 1. The van der Waals surface area contributed by atoms with Crippen LogP contribution >= 0.6 is 0 Å². The van der Waals surface area contributed by atoms with E-state index in [9.17, 15) is 13.2 Å². The van der Waals surface area contributed by atoms with E-state index in [4.69, 9.17) is 5.73 Å². The van der Waals surface area contributed by atoms with Crippen LogP contribution in [-0.4, -0.2) is 21.1 Å².